The second kappa shape index (κ2) is 7.75. The van der Waals surface area contributed by atoms with E-state index in [1.807, 2.05) is 0 Å². The van der Waals surface area contributed by atoms with Crippen LogP contribution in [0.3, 0.4) is 0 Å². The molecule has 6 nitrogen and oxygen atoms in total. The molecule has 0 bridgehead atoms. The zero-order valence-electron chi connectivity index (χ0n) is 10.7. The van der Waals surface area contributed by atoms with Crippen molar-refractivity contribution in [3.63, 3.8) is 0 Å². The average molecular weight is 270 g/mol. The maximum Gasteiger partial charge on any atom is 0.245 e. The fourth-order valence-electron chi connectivity index (χ4n) is 1.20. The topological polar surface area (TPSA) is 84.0 Å². The number of aryl methyl sites for hydroxylation is 1. The number of carbonyl (C=O) groups excluding carboxylic acids is 2. The standard InChI is InChI=1S/C11H18N4O2S/c1-3-5-6-10-14-15-11(18-10)13-9(17)7-12-8(16)4-2/h3-7H2,1-2H3,(H,12,16)(H,13,15,17). The van der Waals surface area contributed by atoms with Gasteiger partial charge in [-0.15, -0.1) is 10.2 Å². The van der Waals surface area contributed by atoms with Gasteiger partial charge in [-0.1, -0.05) is 31.6 Å². The molecule has 1 heterocycles. The van der Waals surface area contributed by atoms with Crippen LogP contribution < -0.4 is 10.6 Å². The van der Waals surface area contributed by atoms with Gasteiger partial charge in [0.05, 0.1) is 6.54 Å². The number of aromatic nitrogens is 2. The van der Waals surface area contributed by atoms with Crippen molar-refractivity contribution in [2.24, 2.45) is 0 Å². The molecule has 2 amide bonds. The van der Waals surface area contributed by atoms with Crippen LogP contribution in [0.1, 0.15) is 38.1 Å². The quantitative estimate of drug-likeness (QED) is 0.783. The molecule has 0 saturated carbocycles. The van der Waals surface area contributed by atoms with Gasteiger partial charge in [-0.3, -0.25) is 14.9 Å². The van der Waals surface area contributed by atoms with E-state index in [0.717, 1.165) is 24.3 Å². The Hall–Kier alpha value is -1.50. The summed E-state index contributed by atoms with van der Waals surface area (Å²) in [4.78, 5) is 22.4. The Morgan fingerprint density at radius 2 is 2.00 bits per heavy atom. The second-order valence-corrected chi connectivity index (χ2v) is 4.85. The third-order valence-corrected chi connectivity index (χ3v) is 3.12. The summed E-state index contributed by atoms with van der Waals surface area (Å²) in [7, 11) is 0. The molecular formula is C11H18N4O2S. The molecule has 0 saturated heterocycles. The van der Waals surface area contributed by atoms with E-state index in [9.17, 15) is 9.59 Å². The van der Waals surface area contributed by atoms with Crippen molar-refractivity contribution in [3.05, 3.63) is 5.01 Å². The lowest BCUT2D eigenvalue weighted by molar-refractivity contribution is -0.123. The smallest absolute Gasteiger partial charge is 0.245 e. The molecule has 0 radical (unpaired) electrons. The van der Waals surface area contributed by atoms with E-state index in [4.69, 9.17) is 0 Å². The first-order valence-electron chi connectivity index (χ1n) is 6.04. The summed E-state index contributed by atoms with van der Waals surface area (Å²) in [5.74, 6) is -0.430. The molecular weight excluding hydrogens is 252 g/mol. The van der Waals surface area contributed by atoms with Crippen molar-refractivity contribution in [1.29, 1.82) is 0 Å². The first-order valence-corrected chi connectivity index (χ1v) is 6.86. The third kappa shape index (κ3) is 5.22. The number of unbranched alkanes of at least 4 members (excludes halogenated alkanes) is 1. The average Bonchev–Trinajstić information content (AvgIpc) is 2.81. The first kappa shape index (κ1) is 14.6. The molecule has 0 spiro atoms. The van der Waals surface area contributed by atoms with Gasteiger partial charge in [-0.05, 0) is 6.42 Å². The molecule has 0 aliphatic carbocycles. The summed E-state index contributed by atoms with van der Waals surface area (Å²) in [5.41, 5.74) is 0. The van der Waals surface area contributed by atoms with Gasteiger partial charge in [0.15, 0.2) is 0 Å². The van der Waals surface area contributed by atoms with Gasteiger partial charge in [0.2, 0.25) is 16.9 Å². The van der Waals surface area contributed by atoms with Crippen molar-refractivity contribution in [1.82, 2.24) is 15.5 Å². The predicted octanol–water partition coefficient (Wildman–Crippen LogP) is 1.35. The normalized spacial score (nSPS) is 10.1. The molecule has 0 aliphatic heterocycles. The van der Waals surface area contributed by atoms with Gasteiger partial charge in [0.25, 0.3) is 0 Å². The number of nitrogens with zero attached hydrogens (tertiary/aromatic N) is 2. The number of carbonyl (C=O) groups is 2. The Morgan fingerprint density at radius 3 is 2.67 bits per heavy atom. The van der Waals surface area contributed by atoms with E-state index in [0.29, 0.717) is 11.6 Å². The number of anilines is 1. The highest BCUT2D eigenvalue weighted by molar-refractivity contribution is 7.15. The SMILES string of the molecule is CCCCc1nnc(NC(=O)CNC(=O)CC)s1. The Balaban J connectivity index is 2.35. The maximum atomic E-state index is 11.5. The van der Waals surface area contributed by atoms with Gasteiger partial charge in [0, 0.05) is 12.8 Å². The van der Waals surface area contributed by atoms with Gasteiger partial charge >= 0.3 is 0 Å². The molecule has 0 aliphatic rings. The Morgan fingerprint density at radius 1 is 1.22 bits per heavy atom. The summed E-state index contributed by atoms with van der Waals surface area (Å²) in [5, 5.41) is 14.4. The zero-order valence-corrected chi connectivity index (χ0v) is 11.5. The minimum Gasteiger partial charge on any atom is -0.347 e. The minimum absolute atomic E-state index is 0.0312. The highest BCUT2D eigenvalue weighted by Crippen LogP contribution is 2.16. The maximum absolute atomic E-state index is 11.5. The van der Waals surface area contributed by atoms with E-state index in [-0.39, 0.29) is 18.4 Å². The molecule has 0 aromatic carbocycles. The lowest BCUT2D eigenvalue weighted by atomic mass is 10.3. The number of hydrogen-bond acceptors (Lipinski definition) is 5. The fraction of sp³-hybridized carbons (Fsp3) is 0.636. The van der Waals surface area contributed by atoms with Crippen LogP contribution in [0, 0.1) is 0 Å². The first-order chi connectivity index (χ1) is 8.65. The van der Waals surface area contributed by atoms with Crippen molar-refractivity contribution in [2.75, 3.05) is 11.9 Å². The Bertz CT molecular complexity index is 406. The molecule has 7 heteroatoms. The third-order valence-electron chi connectivity index (χ3n) is 2.22. The number of rotatable bonds is 7. The lowest BCUT2D eigenvalue weighted by Gasteiger charge is -2.02. The van der Waals surface area contributed by atoms with Crippen LogP contribution in [0.15, 0.2) is 0 Å². The Labute approximate surface area is 110 Å². The molecule has 2 N–H and O–H groups in total. The zero-order chi connectivity index (χ0) is 13.4. The van der Waals surface area contributed by atoms with E-state index < -0.39 is 0 Å². The highest BCUT2D eigenvalue weighted by Gasteiger charge is 2.08. The van der Waals surface area contributed by atoms with E-state index in [1.165, 1.54) is 11.3 Å². The molecule has 100 valence electrons. The second-order valence-electron chi connectivity index (χ2n) is 3.78. The summed E-state index contributed by atoms with van der Waals surface area (Å²) in [6, 6.07) is 0. The van der Waals surface area contributed by atoms with Crippen LogP contribution in [0.4, 0.5) is 5.13 Å². The summed E-state index contributed by atoms with van der Waals surface area (Å²) < 4.78 is 0. The van der Waals surface area contributed by atoms with E-state index >= 15 is 0 Å². The molecule has 1 rings (SSSR count). The molecule has 0 fully saturated rings. The van der Waals surface area contributed by atoms with Gasteiger partial charge in [-0.2, -0.15) is 0 Å². The van der Waals surface area contributed by atoms with Crippen molar-refractivity contribution in [2.45, 2.75) is 39.5 Å². The molecule has 0 unspecified atom stereocenters. The van der Waals surface area contributed by atoms with Crippen LogP contribution in [-0.4, -0.2) is 28.6 Å². The van der Waals surface area contributed by atoms with Crippen molar-refractivity contribution in [3.8, 4) is 0 Å². The molecule has 1 aromatic heterocycles. The van der Waals surface area contributed by atoms with Gasteiger partial charge < -0.3 is 5.32 Å². The van der Waals surface area contributed by atoms with Crippen LogP contribution in [0.5, 0.6) is 0 Å². The molecule has 18 heavy (non-hydrogen) atoms. The summed E-state index contributed by atoms with van der Waals surface area (Å²) in [6.45, 7) is 3.81. The summed E-state index contributed by atoms with van der Waals surface area (Å²) >= 11 is 1.37. The fourth-order valence-corrected chi connectivity index (χ4v) is 2.00. The van der Waals surface area contributed by atoms with Crippen molar-refractivity contribution >= 4 is 28.3 Å². The van der Waals surface area contributed by atoms with E-state index in [2.05, 4.69) is 27.8 Å². The summed E-state index contributed by atoms with van der Waals surface area (Å²) in [6.07, 6.45) is 3.42. The number of hydrogen-bond donors (Lipinski definition) is 2. The van der Waals surface area contributed by atoms with Crippen LogP contribution in [0.2, 0.25) is 0 Å². The predicted molar refractivity (Wildman–Crippen MR) is 70.5 cm³/mol. The van der Waals surface area contributed by atoms with Crippen molar-refractivity contribution < 1.29 is 9.59 Å². The van der Waals surface area contributed by atoms with Crippen LogP contribution in [-0.2, 0) is 16.0 Å². The van der Waals surface area contributed by atoms with Crippen LogP contribution in [0.25, 0.3) is 0 Å². The largest absolute Gasteiger partial charge is 0.347 e. The lowest BCUT2D eigenvalue weighted by Crippen LogP contribution is -2.32. The minimum atomic E-state index is -0.282. The number of nitrogens with one attached hydrogen (secondary N) is 2. The molecule has 1 aromatic rings. The van der Waals surface area contributed by atoms with E-state index in [1.54, 1.807) is 6.92 Å². The van der Waals surface area contributed by atoms with Gasteiger partial charge in [-0.25, -0.2) is 0 Å². The monoisotopic (exact) mass is 270 g/mol. The number of amides is 2. The van der Waals surface area contributed by atoms with Gasteiger partial charge in [0.1, 0.15) is 5.01 Å². The highest BCUT2D eigenvalue weighted by atomic mass is 32.1. The molecule has 0 atom stereocenters. The van der Waals surface area contributed by atoms with Crippen LogP contribution >= 0.6 is 11.3 Å². The Kier molecular flexibility index (Phi) is 6.27.